The van der Waals surface area contributed by atoms with Crippen LogP contribution in [0.4, 0.5) is 5.69 Å². The van der Waals surface area contributed by atoms with Crippen molar-refractivity contribution in [2.24, 2.45) is 23.5 Å². The number of carbonyl (C=O) groups excluding carboxylic acids is 15. The molecular formula is C89H116N16O19S. The monoisotopic (exact) mass is 1740 g/mol. The standard InChI is InChI=1S/C89H116N16O19S/c1-12-14-29-68-86(121)101(8)46-73(109)94-65(43-76(112)113)83(118)100-77(51(5)6)88(123)103(10)70(38-53-23-17-15-18-24-53)84(119)97-66-40-56-32-35-59(107)42-69(56)105(85(66)120)47-74(110)93-64(41-57-44-91-61-28-22-21-27-60(57)61)82(117)96-63(37-55-30-33-58(106)34-31-55)81(116)95-62(36-50(3)4)80(115)98-67(79(114)92-45-72(90)108)48-125-49-75(111)99-78(52(7)13-2)89(124)104(11)71(87(122)102(68)9)39-54-25-19-16-20-26-54/h15-28,30-35,42,44,50-52,62-68,70-71,77-78,91,106-107H,12-14,29,36-41,43,45-49H2,1-11H3,(H2,90,108)(H,92,114)(H,93,110)(H,94,109)(H,95,116)(H,96,117)(H,97,119)(H,98,115)(H,99,111)(H,100,118)(H,112,113)/t52-,62-,63?,64-,65-,66-,67-,68-,70-,71-,77-,78-/m0/s1. The van der Waals surface area contributed by atoms with Gasteiger partial charge >= 0.3 is 5.97 Å². The topological polar surface area (TPSA) is 500 Å². The number of hydrogen-bond donors (Lipinski definition) is 14. The number of aromatic nitrogens is 1. The lowest BCUT2D eigenvalue weighted by Crippen LogP contribution is -2.62. The second-order valence-corrected chi connectivity index (χ2v) is 33.6. The SMILES string of the molecule is CCCC[C@H]1C(=O)N(C)CC(=O)N[C@@H](CC(=O)O)C(=O)N[C@@H](C(C)C)C(=O)N(C)[C@@H](Cc2ccccc2)C(=O)N[C@H]2Cc3ccc(O)cc3N(CC(=O)N[C@@H](Cc3c[nH]c4ccccc34)C(=O)NC(Cc3ccc(O)cc3)C(=O)N[C@@H](CC(C)C)C(=O)N[C@H](C(=O)NCC(N)=O)CSCC(=O)N[C@@H]([C@@H](C)CC)C(=O)N(C)[C@@H](Cc3ccccc3)C(=O)N1C)C2=O. The predicted molar refractivity (Wildman–Crippen MR) is 466 cm³/mol. The van der Waals surface area contributed by atoms with Gasteiger partial charge in [-0.3, -0.25) is 76.7 Å². The average molecular weight is 1750 g/mol. The number of H-pyrrole nitrogens is 1. The van der Waals surface area contributed by atoms with Crippen molar-refractivity contribution in [2.45, 2.75) is 186 Å². The van der Waals surface area contributed by atoms with Gasteiger partial charge in [0.2, 0.25) is 88.6 Å². The Morgan fingerprint density at radius 2 is 1.09 bits per heavy atom. The van der Waals surface area contributed by atoms with Gasteiger partial charge in [0.1, 0.15) is 84.5 Å². The molecule has 1 fully saturated rings. The summed E-state index contributed by atoms with van der Waals surface area (Å²) in [5.74, 6) is -18.0. The van der Waals surface area contributed by atoms with E-state index >= 15 is 38.4 Å². The van der Waals surface area contributed by atoms with E-state index in [1.165, 1.54) is 80.5 Å². The Labute approximate surface area is 730 Å². The van der Waals surface area contributed by atoms with Gasteiger partial charge in [0.15, 0.2) is 0 Å². The van der Waals surface area contributed by atoms with E-state index in [-0.39, 0.29) is 73.8 Å². The fourth-order valence-corrected chi connectivity index (χ4v) is 15.8. The van der Waals surface area contributed by atoms with Gasteiger partial charge in [0.25, 0.3) is 0 Å². The van der Waals surface area contributed by atoms with E-state index in [0.717, 1.165) is 26.5 Å². The van der Waals surface area contributed by atoms with Crippen molar-refractivity contribution in [2.75, 3.05) is 64.2 Å². The van der Waals surface area contributed by atoms with Crippen LogP contribution in [0.25, 0.3) is 10.9 Å². The van der Waals surface area contributed by atoms with Crippen LogP contribution >= 0.6 is 11.8 Å². The van der Waals surface area contributed by atoms with E-state index < -0.39 is 205 Å². The van der Waals surface area contributed by atoms with Gasteiger partial charge in [0, 0.05) is 89.2 Å². The minimum Gasteiger partial charge on any atom is -0.508 e. The van der Waals surface area contributed by atoms with Gasteiger partial charge in [-0.1, -0.05) is 165 Å². The highest BCUT2D eigenvalue weighted by Gasteiger charge is 2.44. The summed E-state index contributed by atoms with van der Waals surface area (Å²) in [6.07, 6.45) is 0.667. The molecule has 6 aromatic rings. The third-order valence-corrected chi connectivity index (χ3v) is 23.2. The highest BCUT2D eigenvalue weighted by molar-refractivity contribution is 8.00. The number of anilines is 1. The number of primary amides is 1. The zero-order valence-corrected chi connectivity index (χ0v) is 73.0. The molecule has 12 atom stereocenters. The molecule has 1 unspecified atom stereocenters. The van der Waals surface area contributed by atoms with Crippen LogP contribution in [0.1, 0.15) is 115 Å². The number of nitrogens with one attached hydrogen (secondary N) is 10. The molecule has 15 N–H and O–H groups in total. The zero-order valence-electron chi connectivity index (χ0n) is 72.2. The molecule has 2 bridgehead atoms. The molecule has 35 nitrogen and oxygen atoms in total. The number of nitrogens with zero attached hydrogens (tertiary/aromatic N) is 5. The maximum absolute atomic E-state index is 15.4. The number of carbonyl (C=O) groups is 16. The molecule has 0 radical (unpaired) electrons. The van der Waals surface area contributed by atoms with Gasteiger partial charge < -0.3 is 98.4 Å². The highest BCUT2D eigenvalue weighted by Crippen LogP contribution is 2.33. The second kappa shape index (κ2) is 46.0. The van der Waals surface area contributed by atoms with E-state index in [2.05, 4.69) is 52.8 Å². The van der Waals surface area contributed by atoms with Crippen molar-refractivity contribution in [1.82, 2.24) is 72.4 Å². The van der Waals surface area contributed by atoms with Gasteiger partial charge in [0.05, 0.1) is 31.0 Å². The van der Waals surface area contributed by atoms with Crippen LogP contribution in [0.15, 0.2) is 134 Å². The van der Waals surface area contributed by atoms with Crippen LogP contribution in [0.5, 0.6) is 11.5 Å². The summed E-state index contributed by atoms with van der Waals surface area (Å²) in [6.45, 7) is 9.61. The zero-order chi connectivity index (χ0) is 91.6. The number of fused-ring (bicyclic) bond motifs is 5. The third-order valence-electron chi connectivity index (χ3n) is 22.2. The van der Waals surface area contributed by atoms with Gasteiger partial charge in [-0.25, -0.2) is 0 Å². The minimum atomic E-state index is -1.89. The number of nitrogens with two attached hydrogens (primary N) is 1. The highest BCUT2D eigenvalue weighted by atomic mass is 32.2. The van der Waals surface area contributed by atoms with E-state index in [9.17, 15) is 53.7 Å². The number of aromatic amines is 1. The molecular weight excluding hydrogens is 1630 g/mol. The number of likely N-dealkylation sites (N-methyl/N-ethyl adjacent to an activating group) is 4. The molecule has 2 aliphatic rings. The fourth-order valence-electron chi connectivity index (χ4n) is 14.9. The Bertz CT molecular complexity index is 4860. The summed E-state index contributed by atoms with van der Waals surface area (Å²) in [6, 6.07) is 17.3. The Morgan fingerprint density at radius 3 is 1.70 bits per heavy atom. The van der Waals surface area contributed by atoms with Gasteiger partial charge in [-0.05, 0) is 82.7 Å². The first-order chi connectivity index (χ1) is 59.4. The van der Waals surface area contributed by atoms with Crippen LogP contribution < -0.4 is 58.5 Å². The maximum Gasteiger partial charge on any atom is 0.305 e. The Balaban J connectivity index is 1.20. The molecule has 672 valence electrons. The van der Waals surface area contributed by atoms with E-state index in [4.69, 9.17) is 5.73 Å². The number of carboxylic acid groups (broad SMARTS) is 1. The van der Waals surface area contributed by atoms with Gasteiger partial charge in [-0.15, -0.1) is 11.8 Å². The van der Waals surface area contributed by atoms with E-state index in [1.54, 1.807) is 133 Å². The number of thioether (sulfide) groups is 1. The molecule has 3 heterocycles. The summed E-state index contributed by atoms with van der Waals surface area (Å²) in [5.41, 5.74) is 8.51. The second-order valence-electron chi connectivity index (χ2n) is 32.6. The predicted octanol–water partition coefficient (Wildman–Crippen LogP) is 2.02. The smallest absolute Gasteiger partial charge is 0.305 e. The lowest BCUT2D eigenvalue weighted by atomic mass is 9.95. The molecule has 0 saturated carbocycles. The number of para-hydroxylation sites is 1. The average Bonchev–Trinajstić information content (AvgIpc) is 1.15. The van der Waals surface area contributed by atoms with Crippen LogP contribution in [-0.2, 0) is 109 Å². The third kappa shape index (κ3) is 27.6. The number of rotatable bonds is 21. The summed E-state index contributed by atoms with van der Waals surface area (Å²) < 4.78 is 0. The van der Waals surface area contributed by atoms with Crippen molar-refractivity contribution < 1.29 is 92.0 Å². The Morgan fingerprint density at radius 1 is 0.536 bits per heavy atom. The number of carboxylic acids is 1. The normalized spacial score (nSPS) is 22.8. The lowest BCUT2D eigenvalue weighted by Gasteiger charge is -2.37. The van der Waals surface area contributed by atoms with Crippen molar-refractivity contribution >= 4 is 123 Å². The van der Waals surface area contributed by atoms with E-state index in [1.807, 2.05) is 6.92 Å². The maximum atomic E-state index is 15.4. The molecule has 5 aromatic carbocycles. The Hall–Kier alpha value is -12.9. The molecule has 0 spiro atoms. The molecule has 8 rings (SSSR count). The first kappa shape index (κ1) is 97.6. The first-order valence-electron chi connectivity index (χ1n) is 41.7. The number of phenolic OH excluding ortho intramolecular Hbond substituents is 2. The number of phenols is 2. The van der Waals surface area contributed by atoms with Crippen LogP contribution in [0.3, 0.4) is 0 Å². The summed E-state index contributed by atoms with van der Waals surface area (Å²) in [4.78, 5) is 243. The van der Waals surface area contributed by atoms with Crippen LogP contribution in [0, 0.1) is 17.8 Å². The lowest BCUT2D eigenvalue weighted by molar-refractivity contribution is -0.151. The van der Waals surface area contributed by atoms with Crippen molar-refractivity contribution in [3.05, 3.63) is 161 Å². The van der Waals surface area contributed by atoms with Crippen LogP contribution in [0.2, 0.25) is 0 Å². The summed E-state index contributed by atoms with van der Waals surface area (Å²) in [7, 11) is 5.30. The molecule has 2 aliphatic heterocycles. The first-order valence-corrected chi connectivity index (χ1v) is 42.9. The number of aliphatic carboxylic acids is 1. The Kier molecular flexibility index (Phi) is 35.9. The van der Waals surface area contributed by atoms with Crippen molar-refractivity contribution in [3.63, 3.8) is 0 Å². The summed E-state index contributed by atoms with van der Waals surface area (Å²) >= 11 is 0.840. The molecule has 125 heavy (non-hydrogen) atoms. The van der Waals surface area contributed by atoms with Crippen LogP contribution in [-0.4, -0.2) is 260 Å². The van der Waals surface area contributed by atoms with Crippen molar-refractivity contribution in [1.29, 1.82) is 0 Å². The number of hydrogen-bond acceptors (Lipinski definition) is 19. The summed E-state index contributed by atoms with van der Waals surface area (Å²) in [5, 5.41) is 56.1. The molecule has 36 heteroatoms. The van der Waals surface area contributed by atoms with Crippen molar-refractivity contribution in [3.8, 4) is 11.5 Å². The largest absolute Gasteiger partial charge is 0.508 e. The molecule has 0 aliphatic carbocycles. The minimum absolute atomic E-state index is 0.0394. The molecule has 1 saturated heterocycles. The molecule has 15 amide bonds. The number of unbranched alkanes of at least 4 members (excludes halogenated alkanes) is 1. The van der Waals surface area contributed by atoms with Gasteiger partial charge in [-0.2, -0.15) is 0 Å². The fraction of sp³-hybridized carbons (Fsp3) is 0.461. The molecule has 1 aromatic heterocycles. The quantitative estimate of drug-likeness (QED) is 0.0490. The number of amides is 15. The number of benzene rings is 5. The van der Waals surface area contributed by atoms with E-state index in [0.29, 0.717) is 58.0 Å². The number of aromatic hydroxyl groups is 2.